The molecule has 0 unspecified atom stereocenters. The van der Waals surface area contributed by atoms with E-state index in [-0.39, 0.29) is 0 Å². The summed E-state index contributed by atoms with van der Waals surface area (Å²) in [4.78, 5) is 4.05. The number of hydrazine groups is 1. The minimum absolute atomic E-state index is 0.294. The number of hydrogen-bond acceptors (Lipinski definition) is 6. The van der Waals surface area contributed by atoms with E-state index < -0.39 is 0 Å². The first-order valence-electron chi connectivity index (χ1n) is 5.90. The maximum Gasteiger partial charge on any atom is 0.231 e. The number of nitrogens with two attached hydrogens (primary N) is 1. The molecule has 0 fully saturated rings. The Morgan fingerprint density at radius 3 is 2.95 bits per heavy atom. The number of nitrogens with zero attached hydrogens (tertiary/aromatic N) is 1. The zero-order chi connectivity index (χ0) is 13.1. The van der Waals surface area contributed by atoms with Crippen LogP contribution in [0.1, 0.15) is 5.56 Å². The van der Waals surface area contributed by atoms with Crippen molar-refractivity contribution in [3.63, 3.8) is 0 Å². The first kappa shape index (κ1) is 11.6. The molecule has 98 valence electrons. The smallest absolute Gasteiger partial charge is 0.231 e. The maximum atomic E-state index is 5.34. The summed E-state index contributed by atoms with van der Waals surface area (Å²) in [6.07, 6.45) is 1.69. The SMILES string of the molecule is NNc1cc(NCc2ccc3c(c2)OCO3)ccn1. The van der Waals surface area contributed by atoms with Gasteiger partial charge in [-0.3, -0.25) is 0 Å². The van der Waals surface area contributed by atoms with E-state index in [1.54, 1.807) is 6.20 Å². The summed E-state index contributed by atoms with van der Waals surface area (Å²) in [6.45, 7) is 0.979. The lowest BCUT2D eigenvalue weighted by Crippen LogP contribution is -2.09. The summed E-state index contributed by atoms with van der Waals surface area (Å²) in [5.74, 6) is 7.52. The van der Waals surface area contributed by atoms with E-state index >= 15 is 0 Å². The van der Waals surface area contributed by atoms with Crippen molar-refractivity contribution in [1.82, 2.24) is 4.98 Å². The summed E-state index contributed by atoms with van der Waals surface area (Å²) in [5.41, 5.74) is 4.57. The molecule has 1 aromatic carbocycles. The molecule has 0 bridgehead atoms. The average molecular weight is 258 g/mol. The van der Waals surface area contributed by atoms with Crippen molar-refractivity contribution >= 4 is 11.5 Å². The van der Waals surface area contributed by atoms with Crippen LogP contribution in [-0.2, 0) is 6.54 Å². The van der Waals surface area contributed by atoms with E-state index in [1.807, 2.05) is 30.3 Å². The number of ether oxygens (including phenoxy) is 2. The highest BCUT2D eigenvalue weighted by Gasteiger charge is 2.12. The van der Waals surface area contributed by atoms with Crippen LogP contribution in [0, 0.1) is 0 Å². The molecule has 0 aliphatic carbocycles. The Balaban J connectivity index is 1.68. The Bertz CT molecular complexity index is 589. The van der Waals surface area contributed by atoms with E-state index in [1.165, 1.54) is 0 Å². The van der Waals surface area contributed by atoms with Crippen LogP contribution in [0.2, 0.25) is 0 Å². The average Bonchev–Trinajstić information content (AvgIpc) is 2.93. The van der Waals surface area contributed by atoms with Crippen LogP contribution in [-0.4, -0.2) is 11.8 Å². The van der Waals surface area contributed by atoms with E-state index in [0.717, 1.165) is 22.7 Å². The lowest BCUT2D eigenvalue weighted by Gasteiger charge is -2.08. The third kappa shape index (κ3) is 2.53. The molecule has 6 heteroatoms. The van der Waals surface area contributed by atoms with Crippen molar-refractivity contribution in [1.29, 1.82) is 0 Å². The molecule has 0 amide bonds. The van der Waals surface area contributed by atoms with Gasteiger partial charge in [-0.15, -0.1) is 0 Å². The molecule has 1 aromatic heterocycles. The van der Waals surface area contributed by atoms with Crippen molar-refractivity contribution in [2.75, 3.05) is 17.5 Å². The fraction of sp³-hybridized carbons (Fsp3) is 0.154. The Kier molecular flexibility index (Phi) is 3.07. The number of rotatable bonds is 4. The van der Waals surface area contributed by atoms with Gasteiger partial charge in [0, 0.05) is 24.5 Å². The van der Waals surface area contributed by atoms with Gasteiger partial charge in [0.25, 0.3) is 0 Å². The number of benzene rings is 1. The maximum absolute atomic E-state index is 5.34. The quantitative estimate of drug-likeness (QED) is 0.572. The molecule has 2 heterocycles. The van der Waals surface area contributed by atoms with E-state index in [4.69, 9.17) is 15.3 Å². The number of pyridine rings is 1. The molecule has 0 radical (unpaired) electrons. The highest BCUT2D eigenvalue weighted by atomic mass is 16.7. The first-order chi connectivity index (χ1) is 9.35. The van der Waals surface area contributed by atoms with Gasteiger partial charge in [-0.25, -0.2) is 10.8 Å². The third-order valence-corrected chi connectivity index (χ3v) is 2.84. The van der Waals surface area contributed by atoms with Gasteiger partial charge in [0.15, 0.2) is 11.5 Å². The van der Waals surface area contributed by atoms with Gasteiger partial charge in [-0.1, -0.05) is 6.07 Å². The molecule has 6 nitrogen and oxygen atoms in total. The van der Waals surface area contributed by atoms with E-state index in [2.05, 4.69) is 15.7 Å². The predicted molar refractivity (Wildman–Crippen MR) is 71.9 cm³/mol. The molecular weight excluding hydrogens is 244 g/mol. The van der Waals surface area contributed by atoms with E-state index in [9.17, 15) is 0 Å². The zero-order valence-electron chi connectivity index (χ0n) is 10.2. The predicted octanol–water partition coefficient (Wildman–Crippen LogP) is 1.71. The largest absolute Gasteiger partial charge is 0.454 e. The van der Waals surface area contributed by atoms with Crippen LogP contribution in [0.25, 0.3) is 0 Å². The summed E-state index contributed by atoms with van der Waals surface area (Å²) in [6, 6.07) is 9.61. The van der Waals surface area contributed by atoms with Crippen LogP contribution in [0.4, 0.5) is 11.5 Å². The van der Waals surface area contributed by atoms with Gasteiger partial charge in [0.2, 0.25) is 6.79 Å². The normalized spacial score (nSPS) is 12.3. The van der Waals surface area contributed by atoms with Gasteiger partial charge in [-0.2, -0.15) is 0 Å². The Hall–Kier alpha value is -2.47. The number of nitrogens with one attached hydrogen (secondary N) is 2. The highest BCUT2D eigenvalue weighted by molar-refractivity contribution is 5.52. The first-order valence-corrected chi connectivity index (χ1v) is 5.90. The molecule has 0 atom stereocenters. The molecule has 1 aliphatic heterocycles. The minimum atomic E-state index is 0.294. The van der Waals surface area contributed by atoms with Crippen molar-refractivity contribution in [3.8, 4) is 11.5 Å². The topological polar surface area (TPSA) is 81.4 Å². The fourth-order valence-electron chi connectivity index (χ4n) is 1.87. The summed E-state index contributed by atoms with van der Waals surface area (Å²) < 4.78 is 10.6. The molecular formula is C13H14N4O2. The third-order valence-electron chi connectivity index (χ3n) is 2.84. The summed E-state index contributed by atoms with van der Waals surface area (Å²) >= 11 is 0. The second kappa shape index (κ2) is 5.03. The second-order valence-electron chi connectivity index (χ2n) is 4.12. The molecule has 0 saturated carbocycles. The van der Waals surface area contributed by atoms with Crippen molar-refractivity contribution in [2.45, 2.75) is 6.54 Å². The Labute approximate surface area is 110 Å². The van der Waals surface area contributed by atoms with E-state index in [0.29, 0.717) is 19.2 Å². The van der Waals surface area contributed by atoms with Gasteiger partial charge in [0.1, 0.15) is 5.82 Å². The lowest BCUT2D eigenvalue weighted by atomic mass is 10.2. The number of anilines is 2. The molecule has 2 aromatic rings. The van der Waals surface area contributed by atoms with Crippen molar-refractivity contribution in [2.24, 2.45) is 5.84 Å². The van der Waals surface area contributed by atoms with Gasteiger partial charge >= 0.3 is 0 Å². The molecule has 1 aliphatic rings. The monoisotopic (exact) mass is 258 g/mol. The van der Waals surface area contributed by atoms with Crippen LogP contribution < -0.4 is 26.1 Å². The Morgan fingerprint density at radius 2 is 2.05 bits per heavy atom. The zero-order valence-corrected chi connectivity index (χ0v) is 10.2. The number of hydrogen-bond donors (Lipinski definition) is 3. The van der Waals surface area contributed by atoms with Crippen LogP contribution >= 0.6 is 0 Å². The minimum Gasteiger partial charge on any atom is -0.454 e. The fourth-order valence-corrected chi connectivity index (χ4v) is 1.87. The second-order valence-corrected chi connectivity index (χ2v) is 4.12. The highest BCUT2D eigenvalue weighted by Crippen LogP contribution is 2.32. The number of nitrogen functional groups attached to an aromatic ring is 1. The molecule has 3 rings (SSSR count). The van der Waals surface area contributed by atoms with Gasteiger partial charge in [-0.05, 0) is 23.8 Å². The lowest BCUT2D eigenvalue weighted by molar-refractivity contribution is 0.174. The number of fused-ring (bicyclic) bond motifs is 1. The van der Waals surface area contributed by atoms with Gasteiger partial charge in [0.05, 0.1) is 0 Å². The van der Waals surface area contributed by atoms with Crippen LogP contribution in [0.15, 0.2) is 36.5 Å². The number of aromatic nitrogens is 1. The molecule has 4 N–H and O–H groups in total. The Morgan fingerprint density at radius 1 is 1.16 bits per heavy atom. The molecule has 19 heavy (non-hydrogen) atoms. The standard InChI is InChI=1S/C13H14N4O2/c14-17-13-6-10(3-4-15-13)16-7-9-1-2-11-12(5-9)19-8-18-11/h1-6H,7-8,14H2,(H2,15,16,17). The van der Waals surface area contributed by atoms with Crippen LogP contribution in [0.5, 0.6) is 11.5 Å². The summed E-state index contributed by atoms with van der Waals surface area (Å²) in [7, 11) is 0. The van der Waals surface area contributed by atoms with Gasteiger partial charge < -0.3 is 20.2 Å². The van der Waals surface area contributed by atoms with Crippen LogP contribution in [0.3, 0.4) is 0 Å². The molecule has 0 spiro atoms. The molecule has 0 saturated heterocycles. The van der Waals surface area contributed by atoms with Crippen molar-refractivity contribution in [3.05, 3.63) is 42.1 Å². The van der Waals surface area contributed by atoms with Crippen molar-refractivity contribution < 1.29 is 9.47 Å². The summed E-state index contributed by atoms with van der Waals surface area (Å²) in [5, 5.41) is 3.29.